The number of hydrogen-bond acceptors (Lipinski definition) is 7. The van der Waals surface area contributed by atoms with Crippen molar-refractivity contribution in [2.24, 2.45) is 16.7 Å². The molecule has 3 aliphatic rings. The number of nitrogens with one attached hydrogen (secondary N) is 1. The monoisotopic (exact) mass is 796 g/mol. The fraction of sp³-hybridized carbons (Fsp3) is 0.489. The van der Waals surface area contributed by atoms with Crippen LogP contribution in [0.4, 0.5) is 8.78 Å². The first-order chi connectivity index (χ1) is 27.6. The summed E-state index contributed by atoms with van der Waals surface area (Å²) in [5.41, 5.74) is 4.28. The second-order valence-electron chi connectivity index (χ2n) is 16.8. The van der Waals surface area contributed by atoms with Crippen molar-refractivity contribution in [3.63, 3.8) is 0 Å². The number of halogens is 2. The molecule has 13 heteroatoms. The number of aryl methyl sites for hydroxylation is 1. The van der Waals surface area contributed by atoms with Gasteiger partial charge in [-0.2, -0.15) is 0 Å². The molecule has 2 fully saturated rings. The van der Waals surface area contributed by atoms with Gasteiger partial charge < -0.3 is 24.5 Å². The highest BCUT2D eigenvalue weighted by atomic mass is 19.3. The average molecular weight is 797 g/mol. The quantitative estimate of drug-likeness (QED) is 0.188. The van der Waals surface area contributed by atoms with E-state index in [2.05, 4.69) is 41.7 Å². The normalized spacial score (nSPS) is 23.8. The molecule has 2 aromatic heterocycles. The van der Waals surface area contributed by atoms with Gasteiger partial charge in [-0.3, -0.25) is 19.4 Å². The van der Waals surface area contributed by atoms with Crippen molar-refractivity contribution in [2.45, 2.75) is 104 Å². The number of fused-ring (bicyclic) bond motifs is 5. The number of phenols is 1. The lowest BCUT2D eigenvalue weighted by molar-refractivity contribution is -0.146. The fourth-order valence-electron chi connectivity index (χ4n) is 9.28. The summed E-state index contributed by atoms with van der Waals surface area (Å²) in [6, 6.07) is 13.7. The Balaban J connectivity index is 1.36. The number of phenolic OH excluding ortho intramolecular Hbond substituents is 1. The van der Waals surface area contributed by atoms with Gasteiger partial charge in [0.1, 0.15) is 17.2 Å². The number of aromatic nitrogens is 2. The van der Waals surface area contributed by atoms with Gasteiger partial charge in [0.25, 0.3) is 5.92 Å². The molecule has 306 valence electrons. The molecule has 4 aromatic rings. The number of ether oxygens (including phenoxy) is 2. The lowest BCUT2D eigenvalue weighted by Crippen LogP contribution is -2.51. The first kappa shape index (κ1) is 40.8. The third-order valence-corrected chi connectivity index (χ3v) is 12.4. The Morgan fingerprint density at radius 1 is 1.14 bits per heavy atom. The SMILES string of the molecule is C#[N+]N1CCCCC(=O)OCC(C)(C)Cc2c(-c3cccnc3[C@H](C)OC)n(CC)c3ccc(cc23)-c2cc(O)cc(c2)C[C@H](NC(=O)C23CCCC2C3(F)F)C1=O. The van der Waals surface area contributed by atoms with Crippen molar-refractivity contribution >= 4 is 28.7 Å². The molecular weight excluding hydrogens is 745 g/mol. The first-order valence-corrected chi connectivity index (χ1v) is 20.2. The first-order valence-electron chi connectivity index (χ1n) is 20.2. The van der Waals surface area contributed by atoms with E-state index in [9.17, 15) is 28.3 Å². The molecule has 4 atom stereocenters. The molecule has 2 saturated carbocycles. The van der Waals surface area contributed by atoms with Gasteiger partial charge >= 0.3 is 18.4 Å². The number of carbonyl (C=O) groups excluding carboxylic acids is 3. The second kappa shape index (κ2) is 15.8. The molecule has 0 saturated heterocycles. The molecule has 7 rings (SSSR count). The van der Waals surface area contributed by atoms with E-state index in [-0.39, 0.29) is 56.7 Å². The van der Waals surface area contributed by atoms with Crippen LogP contribution in [0.5, 0.6) is 5.75 Å². The van der Waals surface area contributed by atoms with Crippen molar-refractivity contribution in [1.82, 2.24) is 19.9 Å². The molecule has 2 amide bonds. The van der Waals surface area contributed by atoms with Crippen LogP contribution >= 0.6 is 0 Å². The summed E-state index contributed by atoms with van der Waals surface area (Å²) in [4.78, 5) is 49.3. The summed E-state index contributed by atoms with van der Waals surface area (Å²) < 4.78 is 43.9. The third-order valence-electron chi connectivity index (χ3n) is 12.4. The molecule has 2 aromatic carbocycles. The summed E-state index contributed by atoms with van der Waals surface area (Å²) in [7, 11) is 1.65. The zero-order valence-electron chi connectivity index (χ0n) is 33.8. The summed E-state index contributed by atoms with van der Waals surface area (Å²) in [5.74, 6) is -6.23. The van der Waals surface area contributed by atoms with Crippen LogP contribution in [0.3, 0.4) is 0 Å². The number of methoxy groups -OCH3 is 1. The van der Waals surface area contributed by atoms with E-state index in [1.54, 1.807) is 19.4 Å². The average Bonchev–Trinajstić information content (AvgIpc) is 3.52. The molecule has 1 aliphatic heterocycles. The van der Waals surface area contributed by atoms with Gasteiger partial charge in [0.05, 0.1) is 35.6 Å². The molecule has 3 heterocycles. The Kier molecular flexibility index (Phi) is 11.1. The highest BCUT2D eigenvalue weighted by Crippen LogP contribution is 2.74. The maximum absolute atomic E-state index is 15.0. The highest BCUT2D eigenvalue weighted by Gasteiger charge is 2.85. The van der Waals surface area contributed by atoms with Crippen LogP contribution in [-0.4, -0.2) is 69.7 Å². The zero-order valence-corrected chi connectivity index (χ0v) is 33.8. The number of amides is 2. The molecule has 0 spiro atoms. The van der Waals surface area contributed by atoms with Crippen LogP contribution in [0.1, 0.15) is 89.1 Å². The van der Waals surface area contributed by atoms with Gasteiger partial charge in [0.2, 0.25) is 5.91 Å². The molecule has 4 bridgehead atoms. The van der Waals surface area contributed by atoms with E-state index >= 15 is 0 Å². The van der Waals surface area contributed by atoms with Crippen LogP contribution in [0.2, 0.25) is 0 Å². The number of benzene rings is 2. The van der Waals surface area contributed by atoms with E-state index in [0.29, 0.717) is 43.4 Å². The van der Waals surface area contributed by atoms with Gasteiger partial charge in [-0.15, -0.1) is 0 Å². The Bertz CT molecular complexity index is 2300. The van der Waals surface area contributed by atoms with Gasteiger partial charge in [-0.25, -0.2) is 8.78 Å². The highest BCUT2D eigenvalue weighted by molar-refractivity contribution is 5.96. The molecular formula is C45H52F2N5O6+. The maximum atomic E-state index is 15.0. The fourth-order valence-corrected chi connectivity index (χ4v) is 9.28. The lowest BCUT2D eigenvalue weighted by atomic mass is 9.84. The van der Waals surface area contributed by atoms with Crippen molar-refractivity contribution in [2.75, 3.05) is 20.3 Å². The summed E-state index contributed by atoms with van der Waals surface area (Å²) in [5, 5.41) is 15.7. The molecule has 11 nitrogen and oxygen atoms in total. The standard InChI is InChI=1S/C45H51F2N5O6/c1-7-51-36-16-15-29-24-33(36)34(40(51)32-12-11-18-49-39(32)27(2)57-6)25-43(3,4)26-58-38(54)14-8-9-19-52(48-5)41(55)35(22-28-20-30(29)23-31(53)21-28)50-42(56)44-17-10-13-37(44)45(44,46)47/h5,11-12,15-16,18,20-21,23-24,27,35,37H,7-10,13-14,17,19,22,25-26H2,1-4,6H3,(H-,50,53,56)/p+1/t27-,35-,37?,44?/m0/s1. The Morgan fingerprint density at radius 3 is 2.64 bits per heavy atom. The van der Waals surface area contributed by atoms with Gasteiger partial charge in [-0.05, 0) is 105 Å². The van der Waals surface area contributed by atoms with Crippen LogP contribution in [0.15, 0.2) is 54.7 Å². The van der Waals surface area contributed by atoms with E-state index in [4.69, 9.17) is 21.0 Å². The number of rotatable bonds is 6. The number of cyclic esters (lactones) is 1. The van der Waals surface area contributed by atoms with Gasteiger partial charge in [0.15, 0.2) is 0 Å². The summed E-state index contributed by atoms with van der Waals surface area (Å²) in [6.45, 7) is 14.7. The van der Waals surface area contributed by atoms with Gasteiger partial charge in [0, 0.05) is 65.5 Å². The number of hydrogen-bond donors (Lipinski definition) is 2. The van der Waals surface area contributed by atoms with Crippen molar-refractivity contribution in [1.29, 1.82) is 0 Å². The molecule has 2 aliphatic carbocycles. The predicted octanol–water partition coefficient (Wildman–Crippen LogP) is 8.27. The number of esters is 1. The number of aromatic hydroxyl groups is 1. The number of nitrogens with zero attached hydrogens (tertiary/aromatic N) is 4. The van der Waals surface area contributed by atoms with Crippen molar-refractivity contribution in [3.05, 3.63) is 76.5 Å². The molecule has 0 radical (unpaired) electrons. The van der Waals surface area contributed by atoms with E-state index < -0.39 is 40.5 Å². The lowest BCUT2D eigenvalue weighted by Gasteiger charge is -2.26. The van der Waals surface area contributed by atoms with Crippen LogP contribution < -0.4 is 5.32 Å². The van der Waals surface area contributed by atoms with Crippen LogP contribution in [-0.2, 0) is 43.2 Å². The Hall–Kier alpha value is -5.35. The minimum Gasteiger partial charge on any atom is -0.508 e. The molecule has 2 unspecified atom stereocenters. The largest absolute Gasteiger partial charge is 0.508 e. The number of carbonyl (C=O) groups is 3. The van der Waals surface area contributed by atoms with Crippen LogP contribution in [0.25, 0.3) is 38.2 Å². The van der Waals surface area contributed by atoms with E-state index in [0.717, 1.165) is 44.0 Å². The summed E-state index contributed by atoms with van der Waals surface area (Å²) in [6.07, 6.45) is 3.43. The maximum Gasteiger partial charge on any atom is 0.317 e. The topological polar surface area (TPSA) is 127 Å². The Labute approximate surface area is 337 Å². The smallest absolute Gasteiger partial charge is 0.317 e. The second-order valence-corrected chi connectivity index (χ2v) is 16.8. The van der Waals surface area contributed by atoms with E-state index in [1.807, 2.05) is 37.3 Å². The third kappa shape index (κ3) is 7.31. The van der Waals surface area contributed by atoms with Crippen molar-refractivity contribution < 1.29 is 37.7 Å². The molecule has 58 heavy (non-hydrogen) atoms. The number of pyridine rings is 1. The summed E-state index contributed by atoms with van der Waals surface area (Å²) >= 11 is 0. The minimum atomic E-state index is -3.15. The van der Waals surface area contributed by atoms with Gasteiger partial charge in [-0.1, -0.05) is 32.4 Å². The predicted molar refractivity (Wildman–Crippen MR) is 216 cm³/mol. The molecule has 2 N–H and O–H groups in total. The minimum absolute atomic E-state index is 0.0215. The zero-order chi connectivity index (χ0) is 41.6. The van der Waals surface area contributed by atoms with Crippen molar-refractivity contribution in [3.8, 4) is 34.7 Å². The number of alkyl halides is 2. The van der Waals surface area contributed by atoms with E-state index in [1.165, 1.54) is 6.07 Å². The van der Waals surface area contributed by atoms with Crippen LogP contribution in [0, 0.1) is 23.3 Å². The Morgan fingerprint density at radius 2 is 1.93 bits per heavy atom.